The van der Waals surface area contributed by atoms with Crippen molar-refractivity contribution in [3.8, 4) is 0 Å². The molecule has 0 aromatic carbocycles. The summed E-state index contributed by atoms with van der Waals surface area (Å²) in [6.45, 7) is 12.8. The van der Waals surface area contributed by atoms with Gasteiger partial charge in [-0.05, 0) is 116 Å². The van der Waals surface area contributed by atoms with Crippen LogP contribution in [0.1, 0.15) is 105 Å². The van der Waals surface area contributed by atoms with Crippen LogP contribution < -0.4 is 0 Å². The van der Waals surface area contributed by atoms with E-state index in [1.165, 1.54) is 57.8 Å². The molecule has 4 fully saturated rings. The van der Waals surface area contributed by atoms with E-state index < -0.39 is 0 Å². The van der Waals surface area contributed by atoms with Crippen molar-refractivity contribution in [1.29, 1.82) is 0 Å². The Morgan fingerprint density at radius 3 is 2.52 bits per heavy atom. The maximum atomic E-state index is 10.2. The summed E-state index contributed by atoms with van der Waals surface area (Å²) in [7, 11) is 0. The third kappa shape index (κ3) is 3.19. The minimum absolute atomic E-state index is 0.0760. The first-order valence-corrected chi connectivity index (χ1v) is 13.0. The molecule has 4 saturated carbocycles. The van der Waals surface area contributed by atoms with E-state index in [4.69, 9.17) is 0 Å². The standard InChI is InChI=1S/C28H46O/c1-18(6-7-20-17-26(20,2)3)23-10-11-24-22-9-8-19-16-21(29)12-14-27(19,4)25(22)13-15-28(23,24)5/h8,18,20-25,29H,6-7,9-17H2,1-5H3/t18-,20-,21+,22+,23-,24+,25+,27+,28-/m1/s1. The van der Waals surface area contributed by atoms with E-state index in [0.717, 1.165) is 48.3 Å². The lowest BCUT2D eigenvalue weighted by atomic mass is 9.47. The second-order valence-corrected chi connectivity index (χ2v) is 13.3. The van der Waals surface area contributed by atoms with E-state index in [9.17, 15) is 5.11 Å². The van der Waals surface area contributed by atoms with Crippen LogP contribution in [0.25, 0.3) is 0 Å². The first-order chi connectivity index (χ1) is 13.6. The summed E-state index contributed by atoms with van der Waals surface area (Å²) in [5.74, 6) is 5.63. The maximum Gasteiger partial charge on any atom is 0.0577 e. The van der Waals surface area contributed by atoms with Crippen molar-refractivity contribution in [2.45, 2.75) is 111 Å². The predicted octanol–water partition coefficient (Wildman–Crippen LogP) is 7.39. The van der Waals surface area contributed by atoms with Gasteiger partial charge >= 0.3 is 0 Å². The Hall–Kier alpha value is -0.300. The van der Waals surface area contributed by atoms with Gasteiger partial charge in [-0.1, -0.05) is 52.7 Å². The fraction of sp³-hybridized carbons (Fsp3) is 0.929. The van der Waals surface area contributed by atoms with Crippen molar-refractivity contribution in [3.05, 3.63) is 11.6 Å². The van der Waals surface area contributed by atoms with E-state index >= 15 is 0 Å². The first-order valence-electron chi connectivity index (χ1n) is 13.0. The Morgan fingerprint density at radius 1 is 1.03 bits per heavy atom. The number of fused-ring (bicyclic) bond motifs is 5. The second-order valence-electron chi connectivity index (χ2n) is 13.3. The lowest BCUT2D eigenvalue weighted by molar-refractivity contribution is -0.0573. The lowest BCUT2D eigenvalue weighted by Gasteiger charge is -2.58. The molecule has 5 aliphatic rings. The Balaban J connectivity index is 1.30. The molecule has 5 aliphatic carbocycles. The van der Waals surface area contributed by atoms with Gasteiger partial charge in [-0.3, -0.25) is 0 Å². The molecule has 164 valence electrons. The van der Waals surface area contributed by atoms with E-state index in [1.807, 2.05) is 0 Å². The van der Waals surface area contributed by atoms with Crippen molar-refractivity contribution in [3.63, 3.8) is 0 Å². The highest BCUT2D eigenvalue weighted by atomic mass is 16.3. The minimum atomic E-state index is -0.0760. The van der Waals surface area contributed by atoms with Crippen LogP contribution in [0.3, 0.4) is 0 Å². The van der Waals surface area contributed by atoms with Crippen LogP contribution in [0.2, 0.25) is 0 Å². The van der Waals surface area contributed by atoms with Gasteiger partial charge in [0.05, 0.1) is 6.10 Å². The summed E-state index contributed by atoms with van der Waals surface area (Å²) in [6, 6.07) is 0. The molecular weight excluding hydrogens is 352 g/mol. The van der Waals surface area contributed by atoms with Gasteiger partial charge in [0.1, 0.15) is 0 Å². The van der Waals surface area contributed by atoms with Crippen LogP contribution in [-0.4, -0.2) is 11.2 Å². The number of hydrogen-bond acceptors (Lipinski definition) is 1. The first kappa shape index (κ1) is 20.6. The third-order valence-electron chi connectivity index (χ3n) is 11.5. The normalized spacial score (nSPS) is 51.4. The molecule has 0 bridgehead atoms. The number of aliphatic hydroxyl groups is 1. The van der Waals surface area contributed by atoms with E-state index in [0.29, 0.717) is 16.2 Å². The smallest absolute Gasteiger partial charge is 0.0577 e. The molecule has 0 amide bonds. The zero-order valence-corrected chi connectivity index (χ0v) is 19.8. The molecule has 0 aliphatic heterocycles. The minimum Gasteiger partial charge on any atom is -0.393 e. The van der Waals surface area contributed by atoms with Crippen molar-refractivity contribution in [2.24, 2.45) is 51.8 Å². The molecule has 0 spiro atoms. The monoisotopic (exact) mass is 398 g/mol. The second kappa shape index (κ2) is 6.85. The molecule has 1 heteroatoms. The zero-order chi connectivity index (χ0) is 20.6. The van der Waals surface area contributed by atoms with Gasteiger partial charge in [-0.15, -0.1) is 0 Å². The highest BCUT2D eigenvalue weighted by molar-refractivity contribution is 5.25. The largest absolute Gasteiger partial charge is 0.393 e. The lowest BCUT2D eigenvalue weighted by Crippen LogP contribution is -2.50. The Kier molecular flexibility index (Phi) is 4.86. The summed E-state index contributed by atoms with van der Waals surface area (Å²) in [4.78, 5) is 0. The summed E-state index contributed by atoms with van der Waals surface area (Å²) >= 11 is 0. The molecule has 9 atom stereocenters. The molecule has 1 N–H and O–H groups in total. The van der Waals surface area contributed by atoms with Crippen LogP contribution >= 0.6 is 0 Å². The number of aliphatic hydroxyl groups excluding tert-OH is 1. The molecule has 5 rings (SSSR count). The van der Waals surface area contributed by atoms with Crippen molar-refractivity contribution in [2.75, 3.05) is 0 Å². The molecular formula is C28H46O. The molecule has 29 heavy (non-hydrogen) atoms. The van der Waals surface area contributed by atoms with Gasteiger partial charge in [0.25, 0.3) is 0 Å². The number of allylic oxidation sites excluding steroid dienone is 1. The van der Waals surface area contributed by atoms with Gasteiger partial charge in [0.2, 0.25) is 0 Å². The van der Waals surface area contributed by atoms with Gasteiger partial charge in [-0.25, -0.2) is 0 Å². The summed E-state index contributed by atoms with van der Waals surface area (Å²) in [5.41, 5.74) is 3.26. The van der Waals surface area contributed by atoms with Gasteiger partial charge in [0, 0.05) is 0 Å². The quantitative estimate of drug-likeness (QED) is 0.489. The molecule has 1 nitrogen and oxygen atoms in total. The predicted molar refractivity (Wildman–Crippen MR) is 121 cm³/mol. The van der Waals surface area contributed by atoms with Gasteiger partial charge in [0.15, 0.2) is 0 Å². The highest BCUT2D eigenvalue weighted by Crippen LogP contribution is 2.67. The Bertz CT molecular complexity index is 676. The summed E-state index contributed by atoms with van der Waals surface area (Å²) in [6.07, 6.45) is 17.3. The van der Waals surface area contributed by atoms with Crippen molar-refractivity contribution >= 4 is 0 Å². The Morgan fingerprint density at radius 2 is 1.79 bits per heavy atom. The topological polar surface area (TPSA) is 20.2 Å². The number of hydrogen-bond donors (Lipinski definition) is 1. The van der Waals surface area contributed by atoms with Gasteiger partial charge < -0.3 is 5.11 Å². The summed E-state index contributed by atoms with van der Waals surface area (Å²) < 4.78 is 0. The maximum absolute atomic E-state index is 10.2. The van der Waals surface area contributed by atoms with E-state index in [1.54, 1.807) is 5.57 Å². The third-order valence-corrected chi connectivity index (χ3v) is 11.5. The van der Waals surface area contributed by atoms with Crippen LogP contribution in [0.5, 0.6) is 0 Å². The summed E-state index contributed by atoms with van der Waals surface area (Å²) in [5, 5.41) is 10.2. The SMILES string of the molecule is C[C@H](CC[C@@H]1CC1(C)C)[C@H]1CC[C@H]2[C@@H]3CC=C4C[C@@H](O)CC[C@]4(C)[C@H]3CC[C@]12C. The van der Waals surface area contributed by atoms with Crippen LogP contribution in [0, 0.1) is 51.8 Å². The zero-order valence-electron chi connectivity index (χ0n) is 19.8. The Labute approximate surface area is 180 Å². The van der Waals surface area contributed by atoms with E-state index in [2.05, 4.69) is 40.7 Å². The molecule has 0 radical (unpaired) electrons. The van der Waals surface area contributed by atoms with Crippen molar-refractivity contribution < 1.29 is 5.11 Å². The molecule has 0 unspecified atom stereocenters. The molecule has 0 aromatic heterocycles. The average Bonchev–Trinajstić information content (AvgIpc) is 3.11. The fourth-order valence-corrected chi connectivity index (χ4v) is 9.35. The van der Waals surface area contributed by atoms with Crippen LogP contribution in [0.4, 0.5) is 0 Å². The molecule has 0 aromatic rings. The average molecular weight is 399 g/mol. The highest BCUT2D eigenvalue weighted by Gasteiger charge is 2.59. The van der Waals surface area contributed by atoms with Crippen molar-refractivity contribution in [1.82, 2.24) is 0 Å². The molecule has 0 saturated heterocycles. The van der Waals surface area contributed by atoms with Crippen LogP contribution in [0.15, 0.2) is 11.6 Å². The van der Waals surface area contributed by atoms with E-state index in [-0.39, 0.29) is 6.10 Å². The number of rotatable bonds is 4. The fourth-order valence-electron chi connectivity index (χ4n) is 9.35. The van der Waals surface area contributed by atoms with Crippen LogP contribution in [-0.2, 0) is 0 Å². The molecule has 0 heterocycles. The van der Waals surface area contributed by atoms with Gasteiger partial charge in [-0.2, -0.15) is 0 Å².